The molecule has 4 aromatic rings. The van der Waals surface area contributed by atoms with Crippen LogP contribution in [0.1, 0.15) is 12.5 Å². The van der Waals surface area contributed by atoms with E-state index in [4.69, 9.17) is 9.72 Å². The normalized spacial score (nSPS) is 11.2. The van der Waals surface area contributed by atoms with Gasteiger partial charge in [-0.3, -0.25) is 9.20 Å². The maximum Gasteiger partial charge on any atom is 0.308 e. The van der Waals surface area contributed by atoms with Crippen molar-refractivity contribution >= 4 is 32.5 Å². The van der Waals surface area contributed by atoms with Crippen LogP contribution in [0.5, 0.6) is 5.75 Å². The second-order valence-electron chi connectivity index (χ2n) is 5.47. The Balaban J connectivity index is 1.75. The summed E-state index contributed by atoms with van der Waals surface area (Å²) in [6, 6.07) is 13.8. The Morgan fingerprint density at radius 2 is 1.96 bits per heavy atom. The zero-order valence-electron chi connectivity index (χ0n) is 12.7. The fourth-order valence-electron chi connectivity index (χ4n) is 2.61. The molecule has 0 aliphatic heterocycles. The second kappa shape index (κ2) is 5.21. The summed E-state index contributed by atoms with van der Waals surface area (Å²) in [4.78, 5) is 16.7. The van der Waals surface area contributed by atoms with E-state index in [0.717, 1.165) is 16.2 Å². The number of hydrogen-bond acceptors (Lipinski definition) is 4. The van der Waals surface area contributed by atoms with Gasteiger partial charge in [-0.15, -0.1) is 0 Å². The first-order valence-corrected chi connectivity index (χ1v) is 8.09. The van der Waals surface area contributed by atoms with Crippen molar-refractivity contribution in [3.63, 3.8) is 0 Å². The lowest BCUT2D eigenvalue weighted by atomic mass is 10.1. The number of esters is 1. The average Bonchev–Trinajstić information content (AvgIpc) is 3.04. The zero-order valence-corrected chi connectivity index (χ0v) is 13.6. The predicted octanol–water partition coefficient (Wildman–Crippen LogP) is 4.45. The number of aryl methyl sites for hydroxylation is 1. The minimum Gasteiger partial charge on any atom is -0.427 e. The van der Waals surface area contributed by atoms with Crippen LogP contribution in [0.3, 0.4) is 0 Å². The second-order valence-corrected chi connectivity index (χ2v) is 6.48. The van der Waals surface area contributed by atoms with Gasteiger partial charge >= 0.3 is 5.97 Å². The molecule has 0 radical (unpaired) electrons. The highest BCUT2D eigenvalue weighted by Gasteiger charge is 2.10. The molecule has 0 saturated heterocycles. The van der Waals surface area contributed by atoms with Crippen molar-refractivity contribution in [3.8, 4) is 17.0 Å². The molecule has 2 aromatic carbocycles. The maximum absolute atomic E-state index is 11.0. The Labute approximate surface area is 137 Å². The smallest absolute Gasteiger partial charge is 0.308 e. The predicted molar refractivity (Wildman–Crippen MR) is 92.1 cm³/mol. The van der Waals surface area contributed by atoms with Gasteiger partial charge in [0.05, 0.1) is 15.9 Å². The average molecular weight is 322 g/mol. The van der Waals surface area contributed by atoms with Gasteiger partial charge in [-0.25, -0.2) is 4.98 Å². The van der Waals surface area contributed by atoms with Gasteiger partial charge in [0.15, 0.2) is 4.96 Å². The quantitative estimate of drug-likeness (QED) is 0.404. The van der Waals surface area contributed by atoms with Crippen molar-refractivity contribution in [1.29, 1.82) is 0 Å². The number of carbonyl (C=O) groups excluding carboxylic acids is 1. The summed E-state index contributed by atoms with van der Waals surface area (Å²) in [5, 5.41) is 0. The highest BCUT2D eigenvalue weighted by molar-refractivity contribution is 7.23. The number of nitrogens with zero attached hydrogens (tertiary/aromatic N) is 2. The zero-order chi connectivity index (χ0) is 16.0. The van der Waals surface area contributed by atoms with Crippen LogP contribution in [0, 0.1) is 6.92 Å². The molecule has 4 rings (SSSR count). The minimum atomic E-state index is -0.318. The number of hydrogen-bond donors (Lipinski definition) is 0. The van der Waals surface area contributed by atoms with Gasteiger partial charge in [0.2, 0.25) is 0 Å². The molecular formula is C18H14N2O2S. The maximum atomic E-state index is 11.0. The fourth-order valence-corrected chi connectivity index (χ4v) is 3.71. The van der Waals surface area contributed by atoms with Gasteiger partial charge in [-0.05, 0) is 48.9 Å². The Hall–Kier alpha value is -2.66. The van der Waals surface area contributed by atoms with Gasteiger partial charge in [-0.2, -0.15) is 0 Å². The van der Waals surface area contributed by atoms with E-state index >= 15 is 0 Å². The molecule has 0 fully saturated rings. The van der Waals surface area contributed by atoms with Crippen LogP contribution >= 0.6 is 11.3 Å². The van der Waals surface area contributed by atoms with Crippen molar-refractivity contribution < 1.29 is 9.53 Å². The summed E-state index contributed by atoms with van der Waals surface area (Å²) in [7, 11) is 0. The van der Waals surface area contributed by atoms with Crippen LogP contribution in [-0.2, 0) is 4.79 Å². The standard InChI is InChI=1S/C18H14N2O2S/c1-11-3-8-16-17(9-11)23-18-19-15(10-20(16)18)13-4-6-14(7-5-13)22-12(2)21/h3-10H,1-2H3. The Kier molecular flexibility index (Phi) is 3.16. The molecule has 2 heterocycles. The molecule has 0 aliphatic rings. The Morgan fingerprint density at radius 3 is 2.70 bits per heavy atom. The number of rotatable bonds is 2. The number of aromatic nitrogens is 2. The first-order valence-electron chi connectivity index (χ1n) is 7.27. The molecule has 0 spiro atoms. The third-order valence-corrected chi connectivity index (χ3v) is 4.68. The summed E-state index contributed by atoms with van der Waals surface area (Å²) < 4.78 is 8.42. The van der Waals surface area contributed by atoms with Gasteiger partial charge in [0, 0.05) is 18.7 Å². The Bertz CT molecular complexity index is 1030. The molecule has 0 aliphatic carbocycles. The molecule has 0 N–H and O–H groups in total. The molecule has 0 unspecified atom stereocenters. The third-order valence-electron chi connectivity index (χ3n) is 3.66. The van der Waals surface area contributed by atoms with Gasteiger partial charge in [0.1, 0.15) is 5.75 Å². The summed E-state index contributed by atoms with van der Waals surface area (Å²) in [6.07, 6.45) is 2.05. The minimum absolute atomic E-state index is 0.318. The summed E-state index contributed by atoms with van der Waals surface area (Å²) in [5.74, 6) is 0.227. The van der Waals surface area contributed by atoms with E-state index in [1.54, 1.807) is 23.5 Å². The van der Waals surface area contributed by atoms with E-state index < -0.39 is 0 Å². The van der Waals surface area contributed by atoms with Crippen LogP contribution in [0.25, 0.3) is 26.4 Å². The van der Waals surface area contributed by atoms with E-state index in [9.17, 15) is 4.79 Å². The SMILES string of the molecule is CC(=O)Oc1ccc(-c2cn3c(n2)sc2cc(C)ccc23)cc1. The van der Waals surface area contributed by atoms with Gasteiger partial charge < -0.3 is 4.74 Å². The molecule has 0 atom stereocenters. The molecular weight excluding hydrogens is 308 g/mol. The van der Waals surface area contributed by atoms with E-state index in [1.807, 2.05) is 18.3 Å². The molecule has 114 valence electrons. The fraction of sp³-hybridized carbons (Fsp3) is 0.111. The summed E-state index contributed by atoms with van der Waals surface area (Å²) >= 11 is 1.69. The van der Waals surface area contributed by atoms with Crippen LogP contribution in [-0.4, -0.2) is 15.4 Å². The molecule has 0 saturated carbocycles. The molecule has 0 amide bonds. The lowest BCUT2D eigenvalue weighted by Crippen LogP contribution is -2.00. The lowest BCUT2D eigenvalue weighted by molar-refractivity contribution is -0.131. The number of imidazole rings is 1. The van der Waals surface area contributed by atoms with Crippen molar-refractivity contribution in [1.82, 2.24) is 9.38 Å². The van der Waals surface area contributed by atoms with Crippen LogP contribution in [0.2, 0.25) is 0 Å². The number of carbonyl (C=O) groups is 1. The monoisotopic (exact) mass is 322 g/mol. The van der Waals surface area contributed by atoms with Crippen molar-refractivity contribution in [2.75, 3.05) is 0 Å². The van der Waals surface area contributed by atoms with Crippen LogP contribution in [0.4, 0.5) is 0 Å². The number of thiazole rings is 1. The highest BCUT2D eigenvalue weighted by Crippen LogP contribution is 2.30. The number of fused-ring (bicyclic) bond motifs is 3. The first kappa shape index (κ1) is 14.0. The molecule has 2 aromatic heterocycles. The highest BCUT2D eigenvalue weighted by atomic mass is 32.1. The first-order chi connectivity index (χ1) is 11.1. The van der Waals surface area contributed by atoms with Crippen LogP contribution < -0.4 is 4.74 Å². The Morgan fingerprint density at radius 1 is 1.17 bits per heavy atom. The number of ether oxygens (including phenoxy) is 1. The van der Waals surface area contributed by atoms with Crippen LogP contribution in [0.15, 0.2) is 48.7 Å². The molecule has 5 heteroatoms. The topological polar surface area (TPSA) is 43.6 Å². The molecule has 0 bridgehead atoms. The van der Waals surface area contributed by atoms with Crippen molar-refractivity contribution in [2.24, 2.45) is 0 Å². The van der Waals surface area contributed by atoms with Gasteiger partial charge in [0.25, 0.3) is 0 Å². The van der Waals surface area contributed by atoms with E-state index in [0.29, 0.717) is 5.75 Å². The van der Waals surface area contributed by atoms with Gasteiger partial charge in [-0.1, -0.05) is 17.4 Å². The molecule has 23 heavy (non-hydrogen) atoms. The van der Waals surface area contributed by atoms with E-state index in [-0.39, 0.29) is 5.97 Å². The third kappa shape index (κ3) is 2.49. The largest absolute Gasteiger partial charge is 0.427 e. The number of benzene rings is 2. The van der Waals surface area contributed by atoms with E-state index in [2.05, 4.69) is 29.5 Å². The summed E-state index contributed by atoms with van der Waals surface area (Å²) in [6.45, 7) is 3.49. The summed E-state index contributed by atoms with van der Waals surface area (Å²) in [5.41, 5.74) is 4.33. The molecule has 4 nitrogen and oxygen atoms in total. The van der Waals surface area contributed by atoms with Crippen molar-refractivity contribution in [3.05, 3.63) is 54.2 Å². The van der Waals surface area contributed by atoms with E-state index in [1.165, 1.54) is 22.7 Å². The lowest BCUT2D eigenvalue weighted by Gasteiger charge is -2.01. The van der Waals surface area contributed by atoms with Crippen molar-refractivity contribution in [2.45, 2.75) is 13.8 Å².